The Labute approximate surface area is 57.0 Å². The fourth-order valence-electron chi connectivity index (χ4n) is 2.63. The van der Waals surface area contributed by atoms with Crippen LogP contribution in [0, 0.1) is 11.8 Å². The van der Waals surface area contributed by atoms with Crippen LogP contribution in [-0.4, -0.2) is 24.5 Å². The van der Waals surface area contributed by atoms with Gasteiger partial charge in [0.25, 0.3) is 0 Å². The van der Waals surface area contributed by atoms with Gasteiger partial charge in [0.2, 0.25) is 0 Å². The van der Waals surface area contributed by atoms with Crippen LogP contribution < -0.4 is 0 Å². The van der Waals surface area contributed by atoms with Crippen molar-refractivity contribution in [2.75, 3.05) is 13.6 Å². The third-order valence-electron chi connectivity index (χ3n) is 3.10. The SMILES string of the molecule is CC1CC2CCN(C)C12. The highest BCUT2D eigenvalue weighted by Gasteiger charge is 2.44. The largest absolute Gasteiger partial charge is 0.303 e. The van der Waals surface area contributed by atoms with Gasteiger partial charge < -0.3 is 4.90 Å². The fraction of sp³-hybridized carbons (Fsp3) is 1.00. The molecule has 2 aliphatic rings. The van der Waals surface area contributed by atoms with Crippen LogP contribution in [0.5, 0.6) is 0 Å². The Balaban J connectivity index is 2.06. The minimum Gasteiger partial charge on any atom is -0.303 e. The lowest BCUT2D eigenvalue weighted by Crippen LogP contribution is -2.44. The molecule has 9 heavy (non-hydrogen) atoms. The van der Waals surface area contributed by atoms with Gasteiger partial charge in [-0.3, -0.25) is 0 Å². The predicted octanol–water partition coefficient (Wildman–Crippen LogP) is 1.35. The smallest absolute Gasteiger partial charge is 0.0147 e. The molecule has 2 fully saturated rings. The monoisotopic (exact) mass is 125 g/mol. The second kappa shape index (κ2) is 1.72. The van der Waals surface area contributed by atoms with Gasteiger partial charge in [-0.25, -0.2) is 0 Å². The molecule has 0 bridgehead atoms. The molecule has 0 amide bonds. The van der Waals surface area contributed by atoms with Crippen molar-refractivity contribution in [1.82, 2.24) is 4.90 Å². The van der Waals surface area contributed by atoms with E-state index in [4.69, 9.17) is 0 Å². The Bertz CT molecular complexity index is 113. The summed E-state index contributed by atoms with van der Waals surface area (Å²) in [5.74, 6) is 2.06. The summed E-state index contributed by atoms with van der Waals surface area (Å²) >= 11 is 0. The zero-order chi connectivity index (χ0) is 6.43. The average molecular weight is 125 g/mol. The number of hydrogen-bond donors (Lipinski definition) is 0. The van der Waals surface area contributed by atoms with Gasteiger partial charge in [-0.2, -0.15) is 0 Å². The van der Waals surface area contributed by atoms with Crippen molar-refractivity contribution in [3.63, 3.8) is 0 Å². The minimum atomic E-state index is 0.963. The van der Waals surface area contributed by atoms with Crippen molar-refractivity contribution in [3.8, 4) is 0 Å². The Morgan fingerprint density at radius 1 is 1.44 bits per heavy atom. The van der Waals surface area contributed by atoms with E-state index in [1.165, 1.54) is 19.4 Å². The van der Waals surface area contributed by atoms with Crippen LogP contribution in [0.3, 0.4) is 0 Å². The highest BCUT2D eigenvalue weighted by atomic mass is 15.2. The predicted molar refractivity (Wildman–Crippen MR) is 38.3 cm³/mol. The van der Waals surface area contributed by atoms with E-state index >= 15 is 0 Å². The van der Waals surface area contributed by atoms with Crippen molar-refractivity contribution < 1.29 is 0 Å². The van der Waals surface area contributed by atoms with Gasteiger partial charge in [0.05, 0.1) is 0 Å². The lowest BCUT2D eigenvalue weighted by atomic mass is 9.71. The zero-order valence-electron chi connectivity index (χ0n) is 6.30. The van der Waals surface area contributed by atoms with Crippen molar-refractivity contribution in [2.24, 2.45) is 11.8 Å². The molecule has 52 valence electrons. The zero-order valence-corrected chi connectivity index (χ0v) is 6.30. The first-order chi connectivity index (χ1) is 4.29. The van der Waals surface area contributed by atoms with E-state index in [-0.39, 0.29) is 0 Å². The number of nitrogens with zero attached hydrogens (tertiary/aromatic N) is 1. The van der Waals surface area contributed by atoms with E-state index in [0.29, 0.717) is 0 Å². The van der Waals surface area contributed by atoms with Gasteiger partial charge in [0.15, 0.2) is 0 Å². The van der Waals surface area contributed by atoms with Gasteiger partial charge in [-0.15, -0.1) is 0 Å². The number of hydrogen-bond acceptors (Lipinski definition) is 1. The molecule has 0 aromatic rings. The van der Waals surface area contributed by atoms with Crippen molar-refractivity contribution >= 4 is 0 Å². The van der Waals surface area contributed by atoms with Crippen molar-refractivity contribution in [1.29, 1.82) is 0 Å². The molecule has 1 saturated carbocycles. The maximum absolute atomic E-state index is 2.53. The fourth-order valence-corrected chi connectivity index (χ4v) is 2.63. The van der Waals surface area contributed by atoms with Crippen LogP contribution in [0.2, 0.25) is 0 Å². The molecule has 1 nitrogen and oxygen atoms in total. The Morgan fingerprint density at radius 2 is 2.22 bits per heavy atom. The van der Waals surface area contributed by atoms with E-state index in [0.717, 1.165) is 17.9 Å². The molecular formula is C8H15N. The summed E-state index contributed by atoms with van der Waals surface area (Å²) in [6.45, 7) is 3.72. The highest BCUT2D eigenvalue weighted by Crippen LogP contribution is 2.43. The Kier molecular flexibility index (Phi) is 1.10. The molecule has 2 rings (SSSR count). The molecule has 1 saturated heterocycles. The minimum absolute atomic E-state index is 0.963. The highest BCUT2D eigenvalue weighted by molar-refractivity contribution is 4.97. The van der Waals surface area contributed by atoms with Crippen LogP contribution >= 0.6 is 0 Å². The quantitative estimate of drug-likeness (QED) is 0.472. The first-order valence-electron chi connectivity index (χ1n) is 3.99. The summed E-state index contributed by atoms with van der Waals surface area (Å²) in [5.41, 5.74) is 0. The van der Waals surface area contributed by atoms with Gasteiger partial charge in [-0.05, 0) is 38.3 Å². The summed E-state index contributed by atoms with van der Waals surface area (Å²) in [6, 6.07) is 0.963. The molecule has 1 heteroatoms. The Hall–Kier alpha value is -0.0400. The van der Waals surface area contributed by atoms with Gasteiger partial charge in [-0.1, -0.05) is 6.92 Å². The molecule has 1 aliphatic carbocycles. The molecule has 0 spiro atoms. The lowest BCUT2D eigenvalue weighted by Gasteiger charge is -2.41. The van der Waals surface area contributed by atoms with Crippen LogP contribution in [-0.2, 0) is 0 Å². The molecular weight excluding hydrogens is 110 g/mol. The molecule has 0 aromatic heterocycles. The molecule has 3 atom stereocenters. The second-order valence-electron chi connectivity index (χ2n) is 3.73. The van der Waals surface area contributed by atoms with E-state index in [1.54, 1.807) is 0 Å². The van der Waals surface area contributed by atoms with Crippen LogP contribution in [0.1, 0.15) is 19.8 Å². The topological polar surface area (TPSA) is 3.24 Å². The van der Waals surface area contributed by atoms with Gasteiger partial charge >= 0.3 is 0 Å². The van der Waals surface area contributed by atoms with Crippen LogP contribution in [0.25, 0.3) is 0 Å². The molecule has 1 aliphatic heterocycles. The standard InChI is InChI=1S/C8H15N/c1-6-5-7-3-4-9(2)8(6)7/h6-8H,3-5H2,1-2H3. The first kappa shape index (κ1) is 5.72. The number of likely N-dealkylation sites (tertiary alicyclic amines) is 1. The second-order valence-corrected chi connectivity index (χ2v) is 3.73. The molecule has 0 radical (unpaired) electrons. The third kappa shape index (κ3) is 0.644. The number of fused-ring (bicyclic) bond motifs is 1. The molecule has 0 N–H and O–H groups in total. The van der Waals surface area contributed by atoms with Gasteiger partial charge in [0, 0.05) is 6.04 Å². The van der Waals surface area contributed by atoms with E-state index < -0.39 is 0 Å². The molecule has 3 unspecified atom stereocenters. The average Bonchev–Trinajstić information content (AvgIpc) is 2.04. The first-order valence-corrected chi connectivity index (χ1v) is 3.99. The van der Waals surface area contributed by atoms with E-state index in [1.807, 2.05) is 0 Å². The lowest BCUT2D eigenvalue weighted by molar-refractivity contribution is 0.0928. The number of rotatable bonds is 0. The maximum atomic E-state index is 2.53. The van der Waals surface area contributed by atoms with Crippen molar-refractivity contribution in [3.05, 3.63) is 0 Å². The third-order valence-corrected chi connectivity index (χ3v) is 3.10. The van der Waals surface area contributed by atoms with E-state index in [2.05, 4.69) is 18.9 Å². The maximum Gasteiger partial charge on any atom is 0.0147 e. The summed E-state index contributed by atoms with van der Waals surface area (Å²) in [5, 5.41) is 0. The van der Waals surface area contributed by atoms with E-state index in [9.17, 15) is 0 Å². The Morgan fingerprint density at radius 3 is 2.67 bits per heavy atom. The van der Waals surface area contributed by atoms with Crippen molar-refractivity contribution in [2.45, 2.75) is 25.8 Å². The summed E-state index contributed by atoms with van der Waals surface area (Å²) in [6.07, 6.45) is 2.96. The summed E-state index contributed by atoms with van der Waals surface area (Å²) in [7, 11) is 2.26. The van der Waals surface area contributed by atoms with Gasteiger partial charge in [0.1, 0.15) is 0 Å². The van der Waals surface area contributed by atoms with Crippen LogP contribution in [0.15, 0.2) is 0 Å². The summed E-state index contributed by atoms with van der Waals surface area (Å²) < 4.78 is 0. The molecule has 0 aromatic carbocycles. The normalized spacial score (nSPS) is 50.7. The summed E-state index contributed by atoms with van der Waals surface area (Å²) in [4.78, 5) is 2.53. The van der Waals surface area contributed by atoms with Crippen LogP contribution in [0.4, 0.5) is 0 Å². The molecule has 1 heterocycles.